The second-order valence-electron chi connectivity index (χ2n) is 4.53. The van der Waals surface area contributed by atoms with Gasteiger partial charge in [-0.15, -0.1) is 11.8 Å². The molecule has 0 N–H and O–H groups in total. The highest BCUT2D eigenvalue weighted by molar-refractivity contribution is 9.10. The van der Waals surface area contributed by atoms with Gasteiger partial charge < -0.3 is 0 Å². The molecule has 0 aliphatic heterocycles. The van der Waals surface area contributed by atoms with E-state index in [0.29, 0.717) is 21.9 Å². The van der Waals surface area contributed by atoms with Crippen LogP contribution in [0.1, 0.15) is 31.2 Å². The van der Waals surface area contributed by atoms with Crippen LogP contribution in [0, 0.1) is 0 Å². The summed E-state index contributed by atoms with van der Waals surface area (Å²) in [4.78, 5) is 9.81. The van der Waals surface area contributed by atoms with E-state index in [0.717, 1.165) is 14.9 Å². The number of hydrogen-bond acceptors (Lipinski definition) is 3. The van der Waals surface area contributed by atoms with E-state index in [2.05, 4.69) is 25.9 Å². The summed E-state index contributed by atoms with van der Waals surface area (Å²) in [6.07, 6.45) is 0. The van der Waals surface area contributed by atoms with Crippen molar-refractivity contribution >= 4 is 50.9 Å². The summed E-state index contributed by atoms with van der Waals surface area (Å²) < 4.78 is 1.06. The molecule has 2 aromatic rings. The molecule has 1 aromatic carbocycles. The van der Waals surface area contributed by atoms with E-state index < -0.39 is 0 Å². The molecule has 0 saturated carbocycles. The first-order valence-corrected chi connectivity index (χ1v) is 8.61. The molecule has 0 fully saturated rings. The van der Waals surface area contributed by atoms with Crippen molar-refractivity contribution in [2.75, 3.05) is 0 Å². The van der Waals surface area contributed by atoms with Gasteiger partial charge in [-0.3, -0.25) is 0 Å². The van der Waals surface area contributed by atoms with Crippen molar-refractivity contribution in [1.29, 1.82) is 0 Å². The summed E-state index contributed by atoms with van der Waals surface area (Å²) in [5.74, 6) is 1.50. The van der Waals surface area contributed by atoms with Gasteiger partial charge in [0, 0.05) is 14.9 Å². The van der Waals surface area contributed by atoms with Crippen molar-refractivity contribution in [2.45, 2.75) is 30.4 Å². The first-order valence-electron chi connectivity index (χ1n) is 6.07. The Balaban J connectivity index is 2.12. The third-order valence-corrected chi connectivity index (χ3v) is 4.77. The molecular weight excluding hydrogens is 379 g/mol. The highest BCUT2D eigenvalue weighted by atomic mass is 79.9. The van der Waals surface area contributed by atoms with E-state index >= 15 is 0 Å². The lowest BCUT2D eigenvalue weighted by atomic mass is 10.1. The number of benzene rings is 1. The topological polar surface area (TPSA) is 25.8 Å². The summed E-state index contributed by atoms with van der Waals surface area (Å²) in [5.41, 5.74) is 0.811. The van der Waals surface area contributed by atoms with Gasteiger partial charge in [-0.25, -0.2) is 9.97 Å². The molecule has 0 atom stereocenters. The molecule has 0 spiro atoms. The van der Waals surface area contributed by atoms with Gasteiger partial charge in [-0.05, 0) is 30.2 Å². The Kier molecular flexibility index (Phi) is 5.73. The lowest BCUT2D eigenvalue weighted by molar-refractivity contribution is 0.837. The van der Waals surface area contributed by atoms with Gasteiger partial charge in [0.15, 0.2) is 0 Å². The van der Waals surface area contributed by atoms with Crippen LogP contribution in [0.25, 0.3) is 0 Å². The summed E-state index contributed by atoms with van der Waals surface area (Å²) in [7, 11) is 0. The lowest BCUT2D eigenvalue weighted by Gasteiger charge is -2.10. The molecule has 0 unspecified atom stereocenters. The molecule has 0 bridgehead atoms. The predicted octanol–water partition coefficient (Wildman–Crippen LogP) is 5.96. The summed E-state index contributed by atoms with van der Waals surface area (Å²) >= 11 is 17.4. The van der Waals surface area contributed by atoms with Crippen LogP contribution in [0.2, 0.25) is 10.3 Å². The van der Waals surface area contributed by atoms with Gasteiger partial charge in [-0.2, -0.15) is 0 Å². The first-order chi connectivity index (χ1) is 9.47. The zero-order valence-corrected chi connectivity index (χ0v) is 14.9. The van der Waals surface area contributed by atoms with Crippen molar-refractivity contribution < 1.29 is 0 Å². The number of halogens is 3. The van der Waals surface area contributed by atoms with Crippen molar-refractivity contribution in [2.24, 2.45) is 0 Å². The molecule has 2 rings (SSSR count). The third-order valence-electron chi connectivity index (χ3n) is 2.66. The smallest absolute Gasteiger partial charge is 0.142 e. The largest absolute Gasteiger partial charge is 0.220 e. The first kappa shape index (κ1) is 16.1. The maximum atomic E-state index is 6.18. The molecule has 0 aliphatic rings. The average molecular weight is 392 g/mol. The van der Waals surface area contributed by atoms with Gasteiger partial charge in [0.1, 0.15) is 16.1 Å². The maximum Gasteiger partial charge on any atom is 0.142 e. The van der Waals surface area contributed by atoms with Crippen LogP contribution >= 0.6 is 50.9 Å². The molecule has 106 valence electrons. The molecule has 1 heterocycles. The van der Waals surface area contributed by atoms with E-state index in [-0.39, 0.29) is 5.92 Å². The van der Waals surface area contributed by atoms with Gasteiger partial charge in [0.2, 0.25) is 0 Å². The normalized spacial score (nSPS) is 11.1. The van der Waals surface area contributed by atoms with Crippen molar-refractivity contribution in [3.8, 4) is 0 Å². The third kappa shape index (κ3) is 4.10. The van der Waals surface area contributed by atoms with Crippen molar-refractivity contribution in [3.05, 3.63) is 50.4 Å². The Morgan fingerprint density at radius 2 is 1.65 bits per heavy atom. The molecule has 0 radical (unpaired) electrons. The number of aromatic nitrogens is 2. The van der Waals surface area contributed by atoms with Crippen LogP contribution in [0.3, 0.4) is 0 Å². The Morgan fingerprint density at radius 1 is 1.10 bits per heavy atom. The molecule has 0 saturated heterocycles. The number of hydrogen-bond donors (Lipinski definition) is 0. The lowest BCUT2D eigenvalue weighted by Crippen LogP contribution is -2.01. The molecule has 1 aromatic heterocycles. The summed E-state index contributed by atoms with van der Waals surface area (Å²) in [5, 5.41) is 0.901. The van der Waals surface area contributed by atoms with Gasteiger partial charge in [0.05, 0.1) is 5.75 Å². The number of rotatable bonds is 4. The minimum absolute atomic E-state index is 0.211. The van der Waals surface area contributed by atoms with E-state index in [1.165, 1.54) is 0 Å². The molecule has 0 amide bonds. The Labute approximate surface area is 141 Å². The zero-order chi connectivity index (χ0) is 14.7. The summed E-state index contributed by atoms with van der Waals surface area (Å²) in [6.45, 7) is 4.04. The molecule has 20 heavy (non-hydrogen) atoms. The molecule has 0 aliphatic carbocycles. The molecule has 6 heteroatoms. The Bertz CT molecular complexity index is 580. The van der Waals surface area contributed by atoms with E-state index in [4.69, 9.17) is 23.2 Å². The van der Waals surface area contributed by atoms with E-state index in [9.17, 15) is 0 Å². The SMILES string of the molecule is CC(C)c1c(Cl)nc(CSc2ccc(Br)cc2)nc1Cl. The minimum atomic E-state index is 0.211. The van der Waals surface area contributed by atoms with Crippen LogP contribution in [0.15, 0.2) is 33.6 Å². The van der Waals surface area contributed by atoms with Gasteiger partial charge in [-0.1, -0.05) is 53.0 Å². The van der Waals surface area contributed by atoms with Crippen LogP contribution in [-0.2, 0) is 5.75 Å². The Hall–Kier alpha value is -0.290. The number of thioether (sulfide) groups is 1. The van der Waals surface area contributed by atoms with Crippen molar-refractivity contribution in [3.63, 3.8) is 0 Å². The van der Waals surface area contributed by atoms with Crippen LogP contribution in [0.5, 0.6) is 0 Å². The quantitative estimate of drug-likeness (QED) is 0.474. The fraction of sp³-hybridized carbons (Fsp3) is 0.286. The fourth-order valence-corrected chi connectivity index (χ4v) is 3.55. The van der Waals surface area contributed by atoms with Crippen molar-refractivity contribution in [1.82, 2.24) is 9.97 Å². The second-order valence-corrected chi connectivity index (χ2v) is 7.21. The molecular formula is C14H13BrCl2N2S. The van der Waals surface area contributed by atoms with Crippen LogP contribution in [0.4, 0.5) is 0 Å². The monoisotopic (exact) mass is 390 g/mol. The average Bonchev–Trinajstić information content (AvgIpc) is 2.37. The fourth-order valence-electron chi connectivity index (χ4n) is 1.68. The Morgan fingerprint density at radius 3 is 2.15 bits per heavy atom. The second kappa shape index (κ2) is 7.12. The molecule has 2 nitrogen and oxygen atoms in total. The zero-order valence-electron chi connectivity index (χ0n) is 11.0. The highest BCUT2D eigenvalue weighted by Crippen LogP contribution is 2.30. The number of nitrogens with zero attached hydrogens (tertiary/aromatic N) is 2. The predicted molar refractivity (Wildman–Crippen MR) is 89.8 cm³/mol. The van der Waals surface area contributed by atoms with E-state index in [1.807, 2.05) is 38.1 Å². The van der Waals surface area contributed by atoms with E-state index in [1.54, 1.807) is 11.8 Å². The maximum absolute atomic E-state index is 6.18. The van der Waals surface area contributed by atoms with Gasteiger partial charge in [0.25, 0.3) is 0 Å². The minimum Gasteiger partial charge on any atom is -0.220 e. The van der Waals surface area contributed by atoms with Gasteiger partial charge >= 0.3 is 0 Å². The highest BCUT2D eigenvalue weighted by Gasteiger charge is 2.14. The van der Waals surface area contributed by atoms with Crippen LogP contribution < -0.4 is 0 Å². The van der Waals surface area contributed by atoms with Crippen LogP contribution in [-0.4, -0.2) is 9.97 Å². The summed E-state index contributed by atoms with van der Waals surface area (Å²) in [6, 6.07) is 8.09. The standard InChI is InChI=1S/C14H13BrCl2N2S/c1-8(2)12-13(16)18-11(19-14(12)17)7-20-10-5-3-9(15)4-6-10/h3-6,8H,7H2,1-2H3.